The lowest BCUT2D eigenvalue weighted by molar-refractivity contribution is -0.141. The quantitative estimate of drug-likeness (QED) is 0.241. The molecular formula is C36H47N3O4. The van der Waals surface area contributed by atoms with Gasteiger partial charge in [-0.2, -0.15) is 0 Å². The monoisotopic (exact) mass is 585 g/mol. The zero-order valence-electron chi connectivity index (χ0n) is 27.0. The van der Waals surface area contributed by atoms with E-state index in [1.54, 1.807) is 37.0 Å². The van der Waals surface area contributed by atoms with E-state index in [0.717, 1.165) is 28.3 Å². The van der Waals surface area contributed by atoms with E-state index in [0.29, 0.717) is 19.4 Å². The van der Waals surface area contributed by atoms with E-state index in [2.05, 4.69) is 24.3 Å². The topological polar surface area (TPSA) is 70.2 Å². The first-order chi connectivity index (χ1) is 20.2. The Kier molecular flexibility index (Phi) is 11.1. The third-order valence-electron chi connectivity index (χ3n) is 7.75. The van der Waals surface area contributed by atoms with Crippen molar-refractivity contribution >= 4 is 28.7 Å². The largest absolute Gasteiger partial charge is 0.444 e. The molecule has 7 nitrogen and oxygen atoms in total. The van der Waals surface area contributed by atoms with Crippen molar-refractivity contribution in [3.63, 3.8) is 0 Å². The predicted octanol–water partition coefficient (Wildman–Crippen LogP) is 6.50. The molecule has 7 heteroatoms. The van der Waals surface area contributed by atoms with E-state index in [9.17, 15) is 14.4 Å². The van der Waals surface area contributed by atoms with Crippen molar-refractivity contribution < 1.29 is 19.1 Å². The highest BCUT2D eigenvalue weighted by Crippen LogP contribution is 2.22. The van der Waals surface area contributed by atoms with E-state index in [-0.39, 0.29) is 11.8 Å². The number of hydrogen-bond acceptors (Lipinski definition) is 4. The van der Waals surface area contributed by atoms with Crippen molar-refractivity contribution in [2.45, 2.75) is 71.1 Å². The second kappa shape index (κ2) is 14.4. The molecule has 0 aliphatic carbocycles. The maximum atomic E-state index is 13.8. The number of likely N-dealkylation sites (N-methyl/N-ethyl adjacent to an activating group) is 2. The zero-order chi connectivity index (χ0) is 31.8. The van der Waals surface area contributed by atoms with Gasteiger partial charge in [0.25, 0.3) is 0 Å². The number of ether oxygens (including phenoxy) is 1. The van der Waals surface area contributed by atoms with Crippen LogP contribution in [0.3, 0.4) is 0 Å². The van der Waals surface area contributed by atoms with Crippen LogP contribution >= 0.6 is 0 Å². The van der Waals surface area contributed by atoms with Gasteiger partial charge in [0.1, 0.15) is 11.6 Å². The maximum Gasteiger partial charge on any atom is 0.410 e. The SMILES string of the molecule is CN(CCc1ccccc1)C(=O)C(Cc1ccc2ccccc2c1)N(C)C(=O)C=CCC(C)(C)N(C)C(=O)OC(C)(C)C. The Morgan fingerprint density at radius 1 is 0.814 bits per heavy atom. The molecule has 0 aliphatic heterocycles. The summed E-state index contributed by atoms with van der Waals surface area (Å²) in [4.78, 5) is 44.7. The van der Waals surface area contributed by atoms with E-state index < -0.39 is 23.3 Å². The summed E-state index contributed by atoms with van der Waals surface area (Å²) in [5.74, 6) is -0.385. The Morgan fingerprint density at radius 2 is 1.44 bits per heavy atom. The van der Waals surface area contributed by atoms with Crippen LogP contribution in [-0.4, -0.2) is 77.5 Å². The Morgan fingerprint density at radius 3 is 2.09 bits per heavy atom. The van der Waals surface area contributed by atoms with Gasteiger partial charge >= 0.3 is 6.09 Å². The molecule has 0 saturated heterocycles. The summed E-state index contributed by atoms with van der Waals surface area (Å²) in [6.45, 7) is 9.87. The Labute approximate surface area is 257 Å². The second-order valence-electron chi connectivity index (χ2n) is 12.8. The lowest BCUT2D eigenvalue weighted by Gasteiger charge is -2.36. The van der Waals surface area contributed by atoms with Crippen molar-refractivity contribution in [3.05, 3.63) is 96.1 Å². The lowest BCUT2D eigenvalue weighted by atomic mass is 9.98. The molecule has 3 rings (SSSR count). The summed E-state index contributed by atoms with van der Waals surface area (Å²) in [5, 5.41) is 2.22. The lowest BCUT2D eigenvalue weighted by Crippen LogP contribution is -2.49. The van der Waals surface area contributed by atoms with Crippen molar-refractivity contribution in [2.24, 2.45) is 0 Å². The fraction of sp³-hybridized carbons (Fsp3) is 0.417. The molecule has 3 amide bonds. The van der Waals surface area contributed by atoms with Crippen LogP contribution < -0.4 is 0 Å². The molecule has 1 unspecified atom stereocenters. The minimum absolute atomic E-state index is 0.113. The normalized spacial score (nSPS) is 12.7. The molecule has 3 aromatic rings. The maximum absolute atomic E-state index is 13.8. The summed E-state index contributed by atoms with van der Waals surface area (Å²) in [6, 6.07) is 23.6. The highest BCUT2D eigenvalue weighted by molar-refractivity contribution is 5.93. The molecule has 0 bridgehead atoms. The molecule has 0 N–H and O–H groups in total. The Balaban J connectivity index is 1.76. The van der Waals surface area contributed by atoms with E-state index in [1.807, 2.05) is 83.1 Å². The van der Waals surface area contributed by atoms with Gasteiger partial charge in [-0.25, -0.2) is 4.79 Å². The van der Waals surface area contributed by atoms with Crippen molar-refractivity contribution in [3.8, 4) is 0 Å². The van der Waals surface area contributed by atoms with Crippen molar-refractivity contribution in [1.82, 2.24) is 14.7 Å². The molecule has 0 saturated carbocycles. The first-order valence-electron chi connectivity index (χ1n) is 14.8. The fourth-order valence-corrected chi connectivity index (χ4v) is 4.72. The molecule has 0 fully saturated rings. The number of carbonyl (C=O) groups is 3. The first-order valence-corrected chi connectivity index (χ1v) is 14.8. The van der Waals surface area contributed by atoms with Crippen molar-refractivity contribution in [1.29, 1.82) is 0 Å². The molecule has 0 radical (unpaired) electrons. The van der Waals surface area contributed by atoms with Gasteiger partial charge in [-0.15, -0.1) is 0 Å². The van der Waals surface area contributed by atoms with Gasteiger partial charge in [-0.05, 0) is 75.4 Å². The second-order valence-corrected chi connectivity index (χ2v) is 12.8. The highest BCUT2D eigenvalue weighted by Gasteiger charge is 2.31. The Bertz CT molecular complexity index is 1430. The predicted molar refractivity (Wildman–Crippen MR) is 174 cm³/mol. The smallest absolute Gasteiger partial charge is 0.410 e. The fourth-order valence-electron chi connectivity index (χ4n) is 4.72. The van der Waals surface area contributed by atoms with Gasteiger partial charge in [0.05, 0.1) is 0 Å². The van der Waals surface area contributed by atoms with Crippen LogP contribution in [0.1, 0.15) is 52.2 Å². The summed E-state index contributed by atoms with van der Waals surface area (Å²) < 4.78 is 5.51. The van der Waals surface area contributed by atoms with E-state index in [1.165, 1.54) is 11.0 Å². The molecule has 230 valence electrons. The number of fused-ring (bicyclic) bond motifs is 1. The van der Waals surface area contributed by atoms with E-state index >= 15 is 0 Å². The number of rotatable bonds is 11. The molecule has 0 spiro atoms. The zero-order valence-corrected chi connectivity index (χ0v) is 27.0. The highest BCUT2D eigenvalue weighted by atomic mass is 16.6. The van der Waals surface area contributed by atoms with E-state index in [4.69, 9.17) is 4.74 Å². The standard InChI is InChI=1S/C36H47N3O4/c1-35(2,3)43-34(42)39(8)36(4,5)23-14-19-32(40)38(7)31(26-28-20-21-29-17-12-13-18-30(29)25-28)33(41)37(6)24-22-27-15-10-9-11-16-27/h9-21,25,31H,22-24,26H2,1-8H3. The average Bonchev–Trinajstić information content (AvgIpc) is 2.96. The van der Waals surface area contributed by atoms with Gasteiger partial charge in [0, 0.05) is 39.6 Å². The van der Waals surface area contributed by atoms with Gasteiger partial charge < -0.3 is 19.4 Å². The molecular weight excluding hydrogens is 538 g/mol. The minimum Gasteiger partial charge on any atom is -0.444 e. The van der Waals surface area contributed by atoms with Crippen LogP contribution in [0.4, 0.5) is 4.79 Å². The Hall–Kier alpha value is -4.13. The molecule has 0 aliphatic rings. The molecule has 43 heavy (non-hydrogen) atoms. The third-order valence-corrected chi connectivity index (χ3v) is 7.75. The minimum atomic E-state index is -0.684. The van der Waals surface area contributed by atoms with Gasteiger partial charge in [0.15, 0.2) is 0 Å². The summed E-state index contributed by atoms with van der Waals surface area (Å²) >= 11 is 0. The van der Waals surface area contributed by atoms with Gasteiger partial charge in [-0.1, -0.05) is 78.9 Å². The average molecular weight is 586 g/mol. The van der Waals surface area contributed by atoms with Crippen molar-refractivity contribution in [2.75, 3.05) is 27.7 Å². The molecule has 1 atom stereocenters. The van der Waals surface area contributed by atoms with Gasteiger partial charge in [0.2, 0.25) is 11.8 Å². The van der Waals surface area contributed by atoms with Gasteiger partial charge in [-0.3, -0.25) is 9.59 Å². The van der Waals surface area contributed by atoms with Crippen LogP contribution in [0, 0.1) is 0 Å². The number of nitrogens with zero attached hydrogens (tertiary/aromatic N) is 3. The number of amides is 3. The number of benzene rings is 3. The van der Waals surface area contributed by atoms with Crippen LogP contribution in [0.2, 0.25) is 0 Å². The molecule has 0 aromatic heterocycles. The molecule has 0 heterocycles. The van der Waals surface area contributed by atoms with Crippen LogP contribution in [0.5, 0.6) is 0 Å². The molecule has 3 aromatic carbocycles. The summed E-state index contributed by atoms with van der Waals surface area (Å²) in [7, 11) is 5.17. The third kappa shape index (κ3) is 9.70. The number of carbonyl (C=O) groups excluding carboxylic acids is 3. The first kappa shape index (κ1) is 33.4. The summed E-state index contributed by atoms with van der Waals surface area (Å²) in [5.41, 5.74) is 0.948. The summed E-state index contributed by atoms with van der Waals surface area (Å²) in [6.07, 6.45) is 4.38. The van der Waals surface area contributed by atoms with Crippen LogP contribution in [-0.2, 0) is 27.2 Å². The van der Waals surface area contributed by atoms with Crippen LogP contribution in [0.15, 0.2) is 84.9 Å². The number of hydrogen-bond donors (Lipinski definition) is 0. The van der Waals surface area contributed by atoms with Crippen LogP contribution in [0.25, 0.3) is 10.8 Å².